The second-order valence-electron chi connectivity index (χ2n) is 7.72. The van der Waals surface area contributed by atoms with Crippen molar-refractivity contribution in [3.05, 3.63) is 52.5 Å². The summed E-state index contributed by atoms with van der Waals surface area (Å²) in [7, 11) is 1.64. The molecule has 2 aromatic carbocycles. The van der Waals surface area contributed by atoms with Gasteiger partial charge >= 0.3 is 5.97 Å². The molecule has 0 spiro atoms. The number of hydrogen-bond donors (Lipinski definition) is 1. The van der Waals surface area contributed by atoms with Gasteiger partial charge in [0.25, 0.3) is 0 Å². The molecule has 0 radical (unpaired) electrons. The van der Waals surface area contributed by atoms with Crippen LogP contribution in [0.25, 0.3) is 22.0 Å². The van der Waals surface area contributed by atoms with Gasteiger partial charge in [-0.3, -0.25) is 4.79 Å². The predicted molar refractivity (Wildman–Crippen MR) is 127 cm³/mol. The highest BCUT2D eigenvalue weighted by atomic mass is 35.5. The van der Waals surface area contributed by atoms with E-state index in [1.165, 1.54) is 0 Å². The fourth-order valence-electron chi connectivity index (χ4n) is 4.07. The van der Waals surface area contributed by atoms with Crippen LogP contribution in [0.1, 0.15) is 19.3 Å². The minimum absolute atomic E-state index is 0.00330. The molecular weight excluding hydrogens is 451 g/mol. The van der Waals surface area contributed by atoms with Crippen molar-refractivity contribution < 1.29 is 19.4 Å². The second kappa shape index (κ2) is 9.94. The highest BCUT2D eigenvalue weighted by molar-refractivity contribution is 6.45. The quantitative estimate of drug-likeness (QED) is 0.423. The number of carboxylic acid groups (broad SMARTS) is 1. The fourth-order valence-corrected chi connectivity index (χ4v) is 4.43. The lowest BCUT2D eigenvalue weighted by atomic mass is 10.0. The molecule has 8 heteroatoms. The Kier molecular flexibility index (Phi) is 7.04. The third kappa shape index (κ3) is 4.77. The number of methoxy groups -OCH3 is 1. The number of fused-ring (bicyclic) bond motifs is 1. The number of aromatic nitrogens is 1. The monoisotopic (exact) mass is 474 g/mol. The van der Waals surface area contributed by atoms with Crippen LogP contribution in [0.5, 0.6) is 5.75 Å². The lowest BCUT2D eigenvalue weighted by molar-refractivity contribution is -0.138. The fraction of sp³-hybridized carbons (Fsp3) is 0.333. The zero-order valence-corrected chi connectivity index (χ0v) is 19.2. The van der Waals surface area contributed by atoms with Crippen molar-refractivity contribution in [2.45, 2.75) is 25.3 Å². The Bertz CT molecular complexity index is 1120. The SMILES string of the molecule is COc1ccc(-c2cc(N3CCC[C@H]3COCCC(=O)O)nc3c(Cl)c(Cl)ccc23)cc1. The summed E-state index contributed by atoms with van der Waals surface area (Å²) in [5, 5.41) is 10.6. The minimum atomic E-state index is -0.861. The number of carboxylic acids is 1. The van der Waals surface area contributed by atoms with Crippen LogP contribution in [0.15, 0.2) is 42.5 Å². The maximum Gasteiger partial charge on any atom is 0.305 e. The second-order valence-corrected chi connectivity index (χ2v) is 8.51. The van der Waals surface area contributed by atoms with E-state index in [4.69, 9.17) is 42.8 Å². The molecular formula is C24H24Cl2N2O4. The summed E-state index contributed by atoms with van der Waals surface area (Å²) in [5.74, 6) is 0.725. The van der Waals surface area contributed by atoms with E-state index in [-0.39, 0.29) is 19.1 Å². The molecule has 0 amide bonds. The topological polar surface area (TPSA) is 71.9 Å². The van der Waals surface area contributed by atoms with Crippen LogP contribution in [0.2, 0.25) is 10.0 Å². The normalized spacial score (nSPS) is 16.0. The minimum Gasteiger partial charge on any atom is -0.497 e. The van der Waals surface area contributed by atoms with Crippen LogP contribution in [0.4, 0.5) is 5.82 Å². The highest BCUT2D eigenvalue weighted by Gasteiger charge is 2.27. The molecule has 1 atom stereocenters. The van der Waals surface area contributed by atoms with E-state index in [9.17, 15) is 4.79 Å². The Labute approximate surface area is 196 Å². The Morgan fingerprint density at radius 3 is 2.72 bits per heavy atom. The first-order valence-electron chi connectivity index (χ1n) is 10.5. The van der Waals surface area contributed by atoms with Gasteiger partial charge in [-0.2, -0.15) is 0 Å². The van der Waals surface area contributed by atoms with E-state index in [2.05, 4.69) is 11.0 Å². The number of benzene rings is 2. The molecule has 1 fully saturated rings. The van der Waals surface area contributed by atoms with Gasteiger partial charge in [0.1, 0.15) is 11.6 Å². The number of nitrogens with zero attached hydrogens (tertiary/aromatic N) is 2. The molecule has 0 bridgehead atoms. The van der Waals surface area contributed by atoms with E-state index in [0.717, 1.165) is 47.5 Å². The van der Waals surface area contributed by atoms with Crippen LogP contribution in [-0.2, 0) is 9.53 Å². The Morgan fingerprint density at radius 2 is 2.00 bits per heavy atom. The molecule has 32 heavy (non-hydrogen) atoms. The number of anilines is 1. The molecule has 4 rings (SSSR count). The van der Waals surface area contributed by atoms with Crippen molar-refractivity contribution in [1.29, 1.82) is 0 Å². The third-order valence-corrected chi connectivity index (χ3v) is 6.50. The number of ether oxygens (including phenoxy) is 2. The highest BCUT2D eigenvalue weighted by Crippen LogP contribution is 2.39. The van der Waals surface area contributed by atoms with Crippen molar-refractivity contribution in [1.82, 2.24) is 4.98 Å². The number of halogens is 2. The number of rotatable bonds is 8. The van der Waals surface area contributed by atoms with Crippen LogP contribution in [0.3, 0.4) is 0 Å². The molecule has 6 nitrogen and oxygen atoms in total. The predicted octanol–water partition coefficient (Wildman–Crippen LogP) is 5.68. The van der Waals surface area contributed by atoms with Crippen molar-refractivity contribution in [2.75, 3.05) is 31.8 Å². The molecule has 0 saturated carbocycles. The summed E-state index contributed by atoms with van der Waals surface area (Å²) in [6.45, 7) is 1.49. The van der Waals surface area contributed by atoms with Crippen LogP contribution in [0, 0.1) is 0 Å². The zero-order valence-electron chi connectivity index (χ0n) is 17.7. The molecule has 2 heterocycles. The van der Waals surface area contributed by atoms with Crippen molar-refractivity contribution in [3.63, 3.8) is 0 Å². The average Bonchev–Trinajstić information content (AvgIpc) is 3.27. The Morgan fingerprint density at radius 1 is 1.22 bits per heavy atom. The lowest BCUT2D eigenvalue weighted by Crippen LogP contribution is -2.34. The number of aliphatic carboxylic acids is 1. The van der Waals surface area contributed by atoms with Crippen LogP contribution < -0.4 is 9.64 Å². The molecule has 1 N–H and O–H groups in total. The molecule has 1 aliphatic rings. The van der Waals surface area contributed by atoms with E-state index < -0.39 is 5.97 Å². The molecule has 1 saturated heterocycles. The maximum atomic E-state index is 10.7. The van der Waals surface area contributed by atoms with Gasteiger partial charge in [0.15, 0.2) is 0 Å². The number of hydrogen-bond acceptors (Lipinski definition) is 5. The van der Waals surface area contributed by atoms with Crippen LogP contribution in [-0.4, -0.2) is 49.0 Å². The Hall–Kier alpha value is -2.54. The van der Waals surface area contributed by atoms with Gasteiger partial charge < -0.3 is 19.5 Å². The summed E-state index contributed by atoms with van der Waals surface area (Å²) in [6.07, 6.45) is 1.96. The van der Waals surface area contributed by atoms with Crippen molar-refractivity contribution >= 4 is 45.9 Å². The summed E-state index contributed by atoms with van der Waals surface area (Å²) in [6, 6.07) is 13.8. The first-order chi connectivity index (χ1) is 15.5. The zero-order chi connectivity index (χ0) is 22.7. The molecule has 1 aromatic heterocycles. The van der Waals surface area contributed by atoms with E-state index >= 15 is 0 Å². The van der Waals surface area contributed by atoms with Gasteiger partial charge in [-0.25, -0.2) is 4.98 Å². The Balaban J connectivity index is 1.72. The molecule has 3 aromatic rings. The largest absolute Gasteiger partial charge is 0.497 e. The van der Waals surface area contributed by atoms with Gasteiger partial charge in [-0.1, -0.05) is 41.4 Å². The maximum absolute atomic E-state index is 10.7. The molecule has 1 aliphatic heterocycles. The number of carbonyl (C=O) groups is 1. The lowest BCUT2D eigenvalue weighted by Gasteiger charge is -2.27. The van der Waals surface area contributed by atoms with E-state index in [0.29, 0.717) is 22.2 Å². The molecule has 0 aliphatic carbocycles. The standard InChI is InChI=1S/C24H24Cl2N2O4/c1-31-17-6-4-15(5-7-17)19-13-21(27-24-18(19)8-9-20(25)23(24)26)28-11-2-3-16(28)14-32-12-10-22(29)30/h4-9,13,16H,2-3,10-12,14H2,1H3,(H,29,30)/t16-/m0/s1. The third-order valence-electron chi connectivity index (χ3n) is 5.70. The first kappa shape index (κ1) is 22.6. The molecule has 168 valence electrons. The summed E-state index contributed by atoms with van der Waals surface area (Å²) >= 11 is 12.9. The van der Waals surface area contributed by atoms with Crippen LogP contribution >= 0.6 is 23.2 Å². The first-order valence-corrected chi connectivity index (χ1v) is 11.2. The van der Waals surface area contributed by atoms with Crippen molar-refractivity contribution in [3.8, 4) is 16.9 Å². The van der Waals surface area contributed by atoms with Gasteiger partial charge in [0.2, 0.25) is 0 Å². The summed E-state index contributed by atoms with van der Waals surface area (Å²) in [5.41, 5.74) is 2.68. The van der Waals surface area contributed by atoms with Crippen molar-refractivity contribution in [2.24, 2.45) is 0 Å². The van der Waals surface area contributed by atoms with Gasteiger partial charge in [0.05, 0.1) is 48.3 Å². The van der Waals surface area contributed by atoms with E-state index in [1.807, 2.05) is 30.3 Å². The number of pyridine rings is 1. The molecule has 0 unspecified atom stereocenters. The smallest absolute Gasteiger partial charge is 0.305 e. The van der Waals surface area contributed by atoms with Gasteiger partial charge in [-0.15, -0.1) is 0 Å². The van der Waals surface area contributed by atoms with E-state index in [1.54, 1.807) is 13.2 Å². The average molecular weight is 475 g/mol. The van der Waals surface area contributed by atoms with Gasteiger partial charge in [0, 0.05) is 11.9 Å². The summed E-state index contributed by atoms with van der Waals surface area (Å²) < 4.78 is 10.9. The summed E-state index contributed by atoms with van der Waals surface area (Å²) in [4.78, 5) is 17.8. The van der Waals surface area contributed by atoms with Gasteiger partial charge in [-0.05, 0) is 48.2 Å².